The van der Waals surface area contributed by atoms with Crippen molar-refractivity contribution < 1.29 is 9.53 Å². The Balaban J connectivity index is 2.46. The first-order valence-electron chi connectivity index (χ1n) is 5.86. The second-order valence-electron chi connectivity index (χ2n) is 3.90. The highest BCUT2D eigenvalue weighted by molar-refractivity contribution is 5.86. The van der Waals surface area contributed by atoms with Gasteiger partial charge in [0.15, 0.2) is 0 Å². The smallest absolute Gasteiger partial charge is 0.331 e. The average molecular weight is 208 g/mol. The van der Waals surface area contributed by atoms with Crippen molar-refractivity contribution in [3.8, 4) is 0 Å². The molecule has 0 N–H and O–H groups in total. The number of hydrogen-bond acceptors (Lipinski definition) is 2. The first-order valence-corrected chi connectivity index (χ1v) is 5.86. The number of carbonyl (C=O) groups is 1. The summed E-state index contributed by atoms with van der Waals surface area (Å²) in [6.45, 7) is 4.28. The fraction of sp³-hybridized carbons (Fsp3) is 0.615. The molecule has 0 bridgehead atoms. The van der Waals surface area contributed by atoms with Gasteiger partial charge in [-0.05, 0) is 18.4 Å². The Hall–Kier alpha value is -1.05. The average Bonchev–Trinajstić information content (AvgIpc) is 2.55. The highest BCUT2D eigenvalue weighted by Crippen LogP contribution is 2.21. The largest absolute Gasteiger partial charge is 0.454 e. The van der Waals surface area contributed by atoms with E-state index in [0.717, 1.165) is 24.8 Å². The first kappa shape index (κ1) is 12.0. The molecule has 2 nitrogen and oxygen atoms in total. The van der Waals surface area contributed by atoms with Crippen LogP contribution in [0.5, 0.6) is 0 Å². The van der Waals surface area contributed by atoms with E-state index in [0.29, 0.717) is 0 Å². The predicted octanol–water partition coefficient (Wildman–Crippen LogP) is 3.38. The number of hydrogen-bond donors (Lipinski definition) is 0. The molecule has 1 aliphatic rings. The van der Waals surface area contributed by atoms with Gasteiger partial charge < -0.3 is 4.74 Å². The van der Waals surface area contributed by atoms with Crippen LogP contribution >= 0.6 is 0 Å². The van der Waals surface area contributed by atoms with Crippen LogP contribution in [0.25, 0.3) is 0 Å². The van der Waals surface area contributed by atoms with E-state index >= 15 is 0 Å². The van der Waals surface area contributed by atoms with Gasteiger partial charge in [0.25, 0.3) is 0 Å². The summed E-state index contributed by atoms with van der Waals surface area (Å²) in [6, 6.07) is 0. The lowest BCUT2D eigenvalue weighted by Gasteiger charge is -2.09. The SMILES string of the molecule is CCCC/C=C/C1=CC(=O)OC1CCC. The third-order valence-electron chi connectivity index (χ3n) is 2.50. The van der Waals surface area contributed by atoms with E-state index < -0.39 is 0 Å². The quantitative estimate of drug-likeness (QED) is 0.494. The summed E-state index contributed by atoms with van der Waals surface area (Å²) in [5.74, 6) is -0.191. The molecule has 1 heterocycles. The molecule has 1 unspecified atom stereocenters. The molecule has 0 aliphatic carbocycles. The molecule has 0 amide bonds. The van der Waals surface area contributed by atoms with Crippen LogP contribution in [0.3, 0.4) is 0 Å². The molecule has 0 aromatic carbocycles. The highest BCUT2D eigenvalue weighted by Gasteiger charge is 2.22. The van der Waals surface area contributed by atoms with Gasteiger partial charge in [0.2, 0.25) is 0 Å². The van der Waals surface area contributed by atoms with Crippen LogP contribution in [0.4, 0.5) is 0 Å². The van der Waals surface area contributed by atoms with Crippen LogP contribution in [0.1, 0.15) is 46.0 Å². The van der Waals surface area contributed by atoms with Crippen LogP contribution in [-0.4, -0.2) is 12.1 Å². The number of allylic oxidation sites excluding steroid dienone is 1. The first-order chi connectivity index (χ1) is 7.27. The van der Waals surface area contributed by atoms with E-state index in [1.54, 1.807) is 6.08 Å². The molecule has 0 fully saturated rings. The van der Waals surface area contributed by atoms with E-state index in [2.05, 4.69) is 19.9 Å². The van der Waals surface area contributed by atoms with E-state index in [9.17, 15) is 4.79 Å². The number of unbranched alkanes of at least 4 members (excludes halogenated alkanes) is 2. The Morgan fingerprint density at radius 2 is 2.20 bits per heavy atom. The summed E-state index contributed by atoms with van der Waals surface area (Å²) in [5, 5.41) is 0. The van der Waals surface area contributed by atoms with E-state index in [-0.39, 0.29) is 12.1 Å². The third-order valence-corrected chi connectivity index (χ3v) is 2.50. The molecular formula is C13H20O2. The van der Waals surface area contributed by atoms with Crippen LogP contribution in [0, 0.1) is 0 Å². The predicted molar refractivity (Wildman–Crippen MR) is 61.5 cm³/mol. The number of ether oxygens (including phenoxy) is 1. The fourth-order valence-electron chi connectivity index (χ4n) is 1.66. The van der Waals surface area contributed by atoms with Crippen molar-refractivity contribution in [2.24, 2.45) is 0 Å². The highest BCUT2D eigenvalue weighted by atomic mass is 16.5. The van der Waals surface area contributed by atoms with Crippen molar-refractivity contribution in [2.75, 3.05) is 0 Å². The lowest BCUT2D eigenvalue weighted by Crippen LogP contribution is -2.10. The number of carbonyl (C=O) groups excluding carboxylic acids is 1. The summed E-state index contributed by atoms with van der Waals surface area (Å²) in [5.41, 5.74) is 1.04. The van der Waals surface area contributed by atoms with Gasteiger partial charge in [-0.1, -0.05) is 45.3 Å². The summed E-state index contributed by atoms with van der Waals surface area (Å²) in [4.78, 5) is 11.1. The van der Waals surface area contributed by atoms with Gasteiger partial charge in [0.05, 0.1) is 0 Å². The maximum Gasteiger partial charge on any atom is 0.331 e. The van der Waals surface area contributed by atoms with Crippen molar-refractivity contribution in [3.05, 3.63) is 23.8 Å². The van der Waals surface area contributed by atoms with Crippen LogP contribution in [0.15, 0.2) is 23.8 Å². The maximum atomic E-state index is 11.1. The molecule has 0 aromatic rings. The summed E-state index contributed by atoms with van der Waals surface area (Å²) < 4.78 is 5.19. The minimum Gasteiger partial charge on any atom is -0.454 e. The standard InChI is InChI=1S/C13H20O2/c1-3-5-6-7-9-11-10-13(14)15-12(11)8-4-2/h7,9-10,12H,3-6,8H2,1-2H3/b9-7+. The molecular weight excluding hydrogens is 188 g/mol. The van der Waals surface area contributed by atoms with Gasteiger partial charge in [-0.3, -0.25) is 0 Å². The topological polar surface area (TPSA) is 26.3 Å². The van der Waals surface area contributed by atoms with E-state index in [1.165, 1.54) is 12.8 Å². The lowest BCUT2D eigenvalue weighted by atomic mass is 10.1. The van der Waals surface area contributed by atoms with Crippen molar-refractivity contribution in [1.82, 2.24) is 0 Å². The molecule has 1 atom stereocenters. The molecule has 15 heavy (non-hydrogen) atoms. The Morgan fingerprint density at radius 1 is 1.40 bits per heavy atom. The number of cyclic esters (lactones) is 1. The van der Waals surface area contributed by atoms with Gasteiger partial charge in [0.1, 0.15) is 6.10 Å². The van der Waals surface area contributed by atoms with Crippen molar-refractivity contribution in [1.29, 1.82) is 0 Å². The monoisotopic (exact) mass is 208 g/mol. The summed E-state index contributed by atoms with van der Waals surface area (Å²) >= 11 is 0. The molecule has 0 aromatic heterocycles. The molecule has 1 aliphatic heterocycles. The van der Waals surface area contributed by atoms with Crippen molar-refractivity contribution in [3.63, 3.8) is 0 Å². The van der Waals surface area contributed by atoms with Gasteiger partial charge in [-0.15, -0.1) is 0 Å². The van der Waals surface area contributed by atoms with Crippen LogP contribution in [0.2, 0.25) is 0 Å². The zero-order chi connectivity index (χ0) is 11.1. The molecule has 0 saturated heterocycles. The normalized spacial score (nSPS) is 20.8. The van der Waals surface area contributed by atoms with Gasteiger partial charge in [-0.2, -0.15) is 0 Å². The van der Waals surface area contributed by atoms with E-state index in [4.69, 9.17) is 4.74 Å². The van der Waals surface area contributed by atoms with Crippen LogP contribution < -0.4 is 0 Å². The van der Waals surface area contributed by atoms with Crippen LogP contribution in [-0.2, 0) is 9.53 Å². The summed E-state index contributed by atoms with van der Waals surface area (Å²) in [6.07, 6.45) is 11.3. The Labute approximate surface area is 92.0 Å². The molecule has 0 saturated carbocycles. The summed E-state index contributed by atoms with van der Waals surface area (Å²) in [7, 11) is 0. The molecule has 84 valence electrons. The maximum absolute atomic E-state index is 11.1. The van der Waals surface area contributed by atoms with Gasteiger partial charge in [-0.25, -0.2) is 4.79 Å². The van der Waals surface area contributed by atoms with Crippen molar-refractivity contribution in [2.45, 2.75) is 52.1 Å². The Bertz CT molecular complexity index is 264. The lowest BCUT2D eigenvalue weighted by molar-refractivity contribution is -0.138. The minimum atomic E-state index is -0.191. The number of rotatable bonds is 6. The zero-order valence-corrected chi connectivity index (χ0v) is 9.66. The Morgan fingerprint density at radius 3 is 2.87 bits per heavy atom. The second kappa shape index (κ2) is 6.44. The molecule has 2 heteroatoms. The van der Waals surface area contributed by atoms with Gasteiger partial charge >= 0.3 is 5.97 Å². The molecule has 0 radical (unpaired) electrons. The fourth-order valence-corrected chi connectivity index (χ4v) is 1.66. The zero-order valence-electron chi connectivity index (χ0n) is 9.66. The van der Waals surface area contributed by atoms with Gasteiger partial charge in [0, 0.05) is 6.08 Å². The minimum absolute atomic E-state index is 0.000349. The molecule has 0 spiro atoms. The third kappa shape index (κ3) is 3.90. The second-order valence-corrected chi connectivity index (χ2v) is 3.90. The Kier molecular flexibility index (Phi) is 5.16. The van der Waals surface area contributed by atoms with E-state index in [1.807, 2.05) is 6.08 Å². The molecule has 1 rings (SSSR count). The number of esters is 1. The van der Waals surface area contributed by atoms with Crippen molar-refractivity contribution >= 4 is 5.97 Å².